The minimum absolute atomic E-state index is 0.0938. The molecule has 2 saturated heterocycles. The van der Waals surface area contributed by atoms with E-state index in [0.29, 0.717) is 25.6 Å². The number of hydrogen-bond acceptors (Lipinski definition) is 4. The summed E-state index contributed by atoms with van der Waals surface area (Å²) in [6, 6.07) is 0.769. The molecule has 6 heteroatoms. The van der Waals surface area contributed by atoms with Gasteiger partial charge in [-0.25, -0.2) is 4.79 Å². The molecule has 2 aliphatic heterocycles. The van der Waals surface area contributed by atoms with E-state index in [0.717, 1.165) is 45.0 Å². The monoisotopic (exact) mass is 325 g/mol. The molecular weight excluding hydrogens is 294 g/mol. The minimum Gasteiger partial charge on any atom is -0.391 e. The Morgan fingerprint density at radius 2 is 2.00 bits per heavy atom. The Morgan fingerprint density at radius 3 is 2.52 bits per heavy atom. The van der Waals surface area contributed by atoms with Crippen molar-refractivity contribution in [3.05, 3.63) is 0 Å². The molecule has 1 saturated carbocycles. The number of rotatable bonds is 5. The average molecular weight is 325 g/mol. The normalized spacial score (nSPS) is 33.1. The van der Waals surface area contributed by atoms with Gasteiger partial charge >= 0.3 is 6.03 Å². The van der Waals surface area contributed by atoms with Crippen molar-refractivity contribution in [2.45, 2.75) is 44.8 Å². The molecule has 23 heavy (non-hydrogen) atoms. The van der Waals surface area contributed by atoms with Gasteiger partial charge in [0.1, 0.15) is 0 Å². The van der Waals surface area contributed by atoms with Crippen LogP contribution in [0.25, 0.3) is 0 Å². The number of hydrogen-bond donors (Lipinski definition) is 2. The Hall–Kier alpha value is -0.850. The molecule has 3 aliphatic rings. The Labute approximate surface area is 139 Å². The van der Waals surface area contributed by atoms with E-state index >= 15 is 0 Å². The summed E-state index contributed by atoms with van der Waals surface area (Å²) in [7, 11) is 1.77. The van der Waals surface area contributed by atoms with Gasteiger partial charge in [0.05, 0.1) is 12.7 Å². The van der Waals surface area contributed by atoms with Gasteiger partial charge in [0.25, 0.3) is 0 Å². The predicted octanol–water partition coefficient (Wildman–Crippen LogP) is 0.900. The third kappa shape index (κ3) is 3.98. The number of β-amino-alcohol motifs (C(OH)–C–C–N with tert-alkyl or cyclic N) is 1. The van der Waals surface area contributed by atoms with Crippen LogP contribution in [0.4, 0.5) is 4.79 Å². The van der Waals surface area contributed by atoms with E-state index < -0.39 is 0 Å². The van der Waals surface area contributed by atoms with Crippen LogP contribution < -0.4 is 5.32 Å². The molecule has 3 rings (SSSR count). The van der Waals surface area contributed by atoms with Gasteiger partial charge in [-0.2, -0.15) is 0 Å². The van der Waals surface area contributed by atoms with Gasteiger partial charge in [0, 0.05) is 51.3 Å². The summed E-state index contributed by atoms with van der Waals surface area (Å²) in [4.78, 5) is 16.3. The molecule has 0 bridgehead atoms. The number of methoxy groups -OCH3 is 1. The summed E-state index contributed by atoms with van der Waals surface area (Å²) >= 11 is 0. The molecule has 2 heterocycles. The zero-order valence-corrected chi connectivity index (χ0v) is 14.5. The van der Waals surface area contributed by atoms with Crippen LogP contribution in [0.15, 0.2) is 0 Å². The largest absolute Gasteiger partial charge is 0.391 e. The van der Waals surface area contributed by atoms with Crippen LogP contribution >= 0.6 is 0 Å². The molecule has 2 amide bonds. The fraction of sp³-hybridized carbons (Fsp3) is 0.941. The van der Waals surface area contributed by atoms with Crippen LogP contribution in [-0.4, -0.2) is 79.5 Å². The topological polar surface area (TPSA) is 65.0 Å². The Balaban J connectivity index is 1.50. The van der Waals surface area contributed by atoms with E-state index in [4.69, 9.17) is 4.74 Å². The number of carbonyl (C=O) groups excluding carboxylic acids is 1. The lowest BCUT2D eigenvalue weighted by molar-refractivity contribution is 0.0260. The summed E-state index contributed by atoms with van der Waals surface area (Å²) in [5.41, 5.74) is 0.151. The highest BCUT2D eigenvalue weighted by atomic mass is 16.5. The highest BCUT2D eigenvalue weighted by Crippen LogP contribution is 2.35. The fourth-order valence-electron chi connectivity index (χ4n) is 3.92. The maximum atomic E-state index is 12.5. The number of carbonyl (C=O) groups is 1. The lowest BCUT2D eigenvalue weighted by atomic mass is 9.79. The van der Waals surface area contributed by atoms with Crippen molar-refractivity contribution in [1.29, 1.82) is 0 Å². The third-order valence-corrected chi connectivity index (χ3v) is 5.83. The first-order valence-corrected chi connectivity index (χ1v) is 8.97. The van der Waals surface area contributed by atoms with Crippen LogP contribution in [0.5, 0.6) is 0 Å². The molecule has 1 aliphatic carbocycles. The number of nitrogens with zero attached hydrogens (tertiary/aromatic N) is 2. The van der Waals surface area contributed by atoms with Crippen molar-refractivity contribution < 1.29 is 14.6 Å². The summed E-state index contributed by atoms with van der Waals surface area (Å²) in [5.74, 6) is 0.804. The molecule has 2 N–H and O–H groups in total. The van der Waals surface area contributed by atoms with E-state index in [-0.39, 0.29) is 17.6 Å². The zero-order valence-electron chi connectivity index (χ0n) is 14.5. The fourth-order valence-corrected chi connectivity index (χ4v) is 3.92. The molecule has 3 atom stereocenters. The number of aliphatic hydroxyl groups excluding tert-OH is 1. The molecule has 3 fully saturated rings. The standard InChI is InChI=1S/C17H31N3O3/c1-13-9-15(13)18-11-17(12-23-2)4-7-19(8-5-17)16(22)20-6-3-14(21)10-20/h13-15,18,21H,3-12H2,1-2H3/t13-,14+,15-/m1/s1. The Bertz CT molecular complexity index is 423. The molecule has 0 spiro atoms. The van der Waals surface area contributed by atoms with Gasteiger partial charge in [-0.05, 0) is 31.6 Å². The van der Waals surface area contributed by atoms with Gasteiger partial charge in [-0.1, -0.05) is 6.92 Å². The summed E-state index contributed by atoms with van der Waals surface area (Å²) in [6.45, 7) is 6.77. The first kappa shape index (κ1) is 17.0. The lowest BCUT2D eigenvalue weighted by Gasteiger charge is -2.42. The number of amides is 2. The summed E-state index contributed by atoms with van der Waals surface area (Å²) in [5, 5.41) is 13.3. The van der Waals surface area contributed by atoms with Crippen molar-refractivity contribution in [3.63, 3.8) is 0 Å². The highest BCUT2D eigenvalue weighted by Gasteiger charge is 2.40. The Kier molecular flexibility index (Phi) is 5.13. The van der Waals surface area contributed by atoms with Crippen LogP contribution in [0.1, 0.15) is 32.6 Å². The second kappa shape index (κ2) is 6.95. The molecule has 0 aromatic carbocycles. The van der Waals surface area contributed by atoms with Crippen molar-refractivity contribution in [3.8, 4) is 0 Å². The highest BCUT2D eigenvalue weighted by molar-refractivity contribution is 5.75. The van der Waals surface area contributed by atoms with Crippen molar-refractivity contribution in [2.24, 2.45) is 11.3 Å². The van der Waals surface area contributed by atoms with Crippen molar-refractivity contribution in [1.82, 2.24) is 15.1 Å². The maximum absolute atomic E-state index is 12.5. The molecule has 0 radical (unpaired) electrons. The quantitative estimate of drug-likeness (QED) is 0.788. The van der Waals surface area contributed by atoms with Crippen LogP contribution in [-0.2, 0) is 4.74 Å². The van der Waals surface area contributed by atoms with Crippen molar-refractivity contribution in [2.75, 3.05) is 46.4 Å². The second-order valence-corrected chi connectivity index (χ2v) is 7.79. The molecule has 6 nitrogen and oxygen atoms in total. The zero-order chi connectivity index (χ0) is 16.4. The SMILES string of the molecule is COCC1(CN[C@@H]2C[C@H]2C)CCN(C(=O)N2CC[C@H](O)C2)CC1. The summed E-state index contributed by atoms with van der Waals surface area (Å²) in [6.07, 6.45) is 3.61. The number of likely N-dealkylation sites (tertiary alicyclic amines) is 2. The van der Waals surface area contributed by atoms with Crippen LogP contribution in [0.3, 0.4) is 0 Å². The molecule has 132 valence electrons. The smallest absolute Gasteiger partial charge is 0.320 e. The van der Waals surface area contributed by atoms with Gasteiger partial charge < -0.3 is 25.0 Å². The Morgan fingerprint density at radius 1 is 1.30 bits per heavy atom. The van der Waals surface area contributed by atoms with E-state index in [1.807, 2.05) is 4.90 Å². The average Bonchev–Trinajstić information content (AvgIpc) is 3.08. The number of ether oxygens (including phenoxy) is 1. The van der Waals surface area contributed by atoms with Gasteiger partial charge in [0.15, 0.2) is 0 Å². The number of piperidine rings is 1. The third-order valence-electron chi connectivity index (χ3n) is 5.83. The van der Waals surface area contributed by atoms with E-state index in [1.165, 1.54) is 6.42 Å². The molecular formula is C17H31N3O3. The lowest BCUT2D eigenvalue weighted by Crippen LogP contribution is -2.52. The van der Waals surface area contributed by atoms with E-state index in [1.54, 1.807) is 12.0 Å². The maximum Gasteiger partial charge on any atom is 0.320 e. The molecule has 0 aromatic rings. The minimum atomic E-state index is -0.346. The van der Waals surface area contributed by atoms with Gasteiger partial charge in [-0.3, -0.25) is 0 Å². The van der Waals surface area contributed by atoms with Crippen LogP contribution in [0.2, 0.25) is 0 Å². The van der Waals surface area contributed by atoms with Crippen molar-refractivity contribution >= 4 is 6.03 Å². The van der Waals surface area contributed by atoms with Crippen LogP contribution in [0, 0.1) is 11.3 Å². The van der Waals surface area contributed by atoms with E-state index in [2.05, 4.69) is 12.2 Å². The molecule has 0 unspecified atom stereocenters. The number of aliphatic hydroxyl groups is 1. The van der Waals surface area contributed by atoms with Gasteiger partial charge in [-0.15, -0.1) is 0 Å². The predicted molar refractivity (Wildman–Crippen MR) is 88.3 cm³/mol. The second-order valence-electron chi connectivity index (χ2n) is 7.79. The first-order valence-electron chi connectivity index (χ1n) is 8.97. The van der Waals surface area contributed by atoms with E-state index in [9.17, 15) is 9.90 Å². The molecule has 0 aromatic heterocycles. The number of nitrogens with one attached hydrogen (secondary N) is 1. The first-order chi connectivity index (χ1) is 11.0. The number of urea groups is 1. The van der Waals surface area contributed by atoms with Gasteiger partial charge in [0.2, 0.25) is 0 Å². The summed E-state index contributed by atoms with van der Waals surface area (Å²) < 4.78 is 5.49.